The molecule has 0 bridgehead atoms. The fourth-order valence-corrected chi connectivity index (χ4v) is 6.52. The van der Waals surface area contributed by atoms with Crippen LogP contribution in [0.2, 0.25) is 0 Å². The van der Waals surface area contributed by atoms with Crippen molar-refractivity contribution in [3.8, 4) is 0 Å². The number of likely N-dealkylation sites (tertiary alicyclic amines) is 2. The Morgan fingerprint density at radius 2 is 1.48 bits per heavy atom. The van der Waals surface area contributed by atoms with Gasteiger partial charge < -0.3 is 9.80 Å². The Morgan fingerprint density at radius 3 is 2.10 bits per heavy atom. The van der Waals surface area contributed by atoms with Gasteiger partial charge in [0.15, 0.2) is 0 Å². The Morgan fingerprint density at radius 1 is 0.839 bits per heavy atom. The number of nitrogens with zero attached hydrogens (tertiary/aromatic N) is 3. The number of sulfonamides is 1. The molecule has 7 nitrogen and oxygen atoms in total. The molecule has 170 valence electrons. The van der Waals surface area contributed by atoms with E-state index in [-0.39, 0.29) is 22.6 Å². The van der Waals surface area contributed by atoms with Gasteiger partial charge in [-0.25, -0.2) is 8.42 Å². The maximum atomic E-state index is 12.9. The van der Waals surface area contributed by atoms with E-state index in [4.69, 9.17) is 0 Å². The molecule has 0 saturated carbocycles. The van der Waals surface area contributed by atoms with Crippen molar-refractivity contribution in [3.05, 3.63) is 29.8 Å². The van der Waals surface area contributed by atoms with E-state index in [0.29, 0.717) is 50.5 Å². The van der Waals surface area contributed by atoms with Crippen molar-refractivity contribution in [2.75, 3.05) is 39.3 Å². The molecular formula is C23H33N3O4S. The van der Waals surface area contributed by atoms with Crippen molar-refractivity contribution < 1.29 is 18.0 Å². The van der Waals surface area contributed by atoms with Crippen molar-refractivity contribution in [1.82, 2.24) is 14.1 Å². The molecule has 2 amide bonds. The number of amides is 2. The van der Waals surface area contributed by atoms with Gasteiger partial charge in [-0.15, -0.1) is 0 Å². The summed E-state index contributed by atoms with van der Waals surface area (Å²) in [6.07, 6.45) is 5.44. The van der Waals surface area contributed by atoms with E-state index in [0.717, 1.165) is 32.4 Å². The third kappa shape index (κ3) is 4.80. The highest BCUT2D eigenvalue weighted by molar-refractivity contribution is 7.89. The minimum absolute atomic E-state index is 0.00216. The Labute approximate surface area is 185 Å². The average Bonchev–Trinajstić information content (AvgIpc) is 3.34. The van der Waals surface area contributed by atoms with E-state index < -0.39 is 10.0 Å². The molecule has 8 heteroatoms. The maximum absolute atomic E-state index is 12.9. The molecule has 3 heterocycles. The van der Waals surface area contributed by atoms with Crippen LogP contribution in [0.25, 0.3) is 0 Å². The van der Waals surface area contributed by atoms with Gasteiger partial charge >= 0.3 is 0 Å². The monoisotopic (exact) mass is 447 g/mol. The summed E-state index contributed by atoms with van der Waals surface area (Å²) in [5.41, 5.74) is 0.495. The summed E-state index contributed by atoms with van der Waals surface area (Å²) in [6, 6.07) is 6.29. The van der Waals surface area contributed by atoms with Crippen LogP contribution in [-0.2, 0) is 14.8 Å². The highest BCUT2D eigenvalue weighted by atomic mass is 32.2. The summed E-state index contributed by atoms with van der Waals surface area (Å²) < 4.78 is 26.8. The summed E-state index contributed by atoms with van der Waals surface area (Å²) in [4.78, 5) is 29.8. The van der Waals surface area contributed by atoms with E-state index >= 15 is 0 Å². The van der Waals surface area contributed by atoms with Crippen LogP contribution in [-0.4, -0.2) is 73.6 Å². The lowest BCUT2D eigenvalue weighted by atomic mass is 9.92. The second-order valence-electron chi connectivity index (χ2n) is 9.23. The molecule has 4 rings (SSSR count). The smallest absolute Gasteiger partial charge is 0.253 e. The SMILES string of the molecule is C[C@H]1CCCN(C(=O)C2CCN(C(=O)c3ccc(S(=O)(=O)N4CCCC4)cc3)CC2)C1. The molecule has 3 aliphatic rings. The van der Waals surface area contributed by atoms with Crippen LogP contribution in [0.1, 0.15) is 55.8 Å². The fraction of sp³-hybridized carbons (Fsp3) is 0.652. The summed E-state index contributed by atoms with van der Waals surface area (Å²) in [5, 5.41) is 0. The number of hydrogen-bond donors (Lipinski definition) is 0. The van der Waals surface area contributed by atoms with Gasteiger partial charge in [-0.05, 0) is 68.7 Å². The van der Waals surface area contributed by atoms with Crippen molar-refractivity contribution >= 4 is 21.8 Å². The van der Waals surface area contributed by atoms with Crippen molar-refractivity contribution in [2.24, 2.45) is 11.8 Å². The summed E-state index contributed by atoms with van der Waals surface area (Å²) >= 11 is 0. The summed E-state index contributed by atoms with van der Waals surface area (Å²) in [5.74, 6) is 0.719. The number of benzene rings is 1. The standard InChI is InChI=1S/C23H33N3O4S/c1-18-5-4-12-25(17-18)23(28)20-10-15-24(16-11-20)22(27)19-6-8-21(9-7-19)31(29,30)26-13-2-3-14-26/h6-9,18,20H,2-5,10-17H2,1H3/t18-/m0/s1. The molecule has 0 unspecified atom stereocenters. The first kappa shape index (κ1) is 22.3. The van der Waals surface area contributed by atoms with Gasteiger partial charge in [0.05, 0.1) is 4.90 Å². The predicted molar refractivity (Wildman–Crippen MR) is 118 cm³/mol. The summed E-state index contributed by atoms with van der Waals surface area (Å²) in [7, 11) is -3.47. The Balaban J connectivity index is 1.34. The molecule has 1 atom stereocenters. The zero-order valence-electron chi connectivity index (χ0n) is 18.3. The first-order valence-electron chi connectivity index (χ1n) is 11.5. The highest BCUT2D eigenvalue weighted by Crippen LogP contribution is 2.25. The lowest BCUT2D eigenvalue weighted by Crippen LogP contribution is -2.47. The summed E-state index contributed by atoms with van der Waals surface area (Å²) in [6.45, 7) is 6.15. The van der Waals surface area contributed by atoms with Crippen LogP contribution < -0.4 is 0 Å². The van der Waals surface area contributed by atoms with Crippen LogP contribution in [0, 0.1) is 11.8 Å². The Bertz CT molecular complexity index is 901. The van der Waals surface area contributed by atoms with Gasteiger partial charge in [-0.2, -0.15) is 4.31 Å². The van der Waals surface area contributed by atoms with E-state index in [2.05, 4.69) is 6.92 Å². The molecule has 3 aliphatic heterocycles. The molecule has 3 fully saturated rings. The van der Waals surface area contributed by atoms with Crippen molar-refractivity contribution in [2.45, 2.75) is 50.3 Å². The number of carbonyl (C=O) groups is 2. The van der Waals surface area contributed by atoms with Gasteiger partial charge in [-0.1, -0.05) is 6.92 Å². The molecule has 0 radical (unpaired) electrons. The second kappa shape index (κ2) is 9.28. The highest BCUT2D eigenvalue weighted by Gasteiger charge is 2.32. The van der Waals surface area contributed by atoms with Crippen LogP contribution in [0.5, 0.6) is 0 Å². The third-order valence-corrected chi connectivity index (χ3v) is 8.82. The molecule has 0 N–H and O–H groups in total. The lowest BCUT2D eigenvalue weighted by molar-refractivity contribution is -0.138. The molecule has 0 aliphatic carbocycles. The number of carbonyl (C=O) groups excluding carboxylic acids is 2. The minimum atomic E-state index is -3.47. The molecule has 31 heavy (non-hydrogen) atoms. The molecular weight excluding hydrogens is 414 g/mol. The number of hydrogen-bond acceptors (Lipinski definition) is 4. The van der Waals surface area contributed by atoms with E-state index in [1.807, 2.05) is 4.90 Å². The first-order valence-corrected chi connectivity index (χ1v) is 13.0. The van der Waals surface area contributed by atoms with Crippen molar-refractivity contribution in [1.29, 1.82) is 0 Å². The molecule has 1 aromatic rings. The normalized spacial score (nSPS) is 23.8. The molecule has 0 spiro atoms. The van der Waals surface area contributed by atoms with Crippen LogP contribution in [0.4, 0.5) is 0 Å². The zero-order chi connectivity index (χ0) is 22.0. The van der Waals surface area contributed by atoms with Crippen molar-refractivity contribution in [3.63, 3.8) is 0 Å². The van der Waals surface area contributed by atoms with Gasteiger partial charge in [0.2, 0.25) is 15.9 Å². The predicted octanol–water partition coefficient (Wildman–Crippen LogP) is 2.58. The minimum Gasteiger partial charge on any atom is -0.342 e. The van der Waals surface area contributed by atoms with Crippen LogP contribution >= 0.6 is 0 Å². The van der Waals surface area contributed by atoms with E-state index in [9.17, 15) is 18.0 Å². The molecule has 1 aromatic carbocycles. The van der Waals surface area contributed by atoms with Gasteiger partial charge in [0.1, 0.15) is 0 Å². The first-order chi connectivity index (χ1) is 14.9. The lowest BCUT2D eigenvalue weighted by Gasteiger charge is -2.37. The van der Waals surface area contributed by atoms with Crippen LogP contribution in [0.15, 0.2) is 29.2 Å². The maximum Gasteiger partial charge on any atom is 0.253 e. The Hall–Kier alpha value is -1.93. The van der Waals surface area contributed by atoms with E-state index in [1.54, 1.807) is 17.0 Å². The Kier molecular flexibility index (Phi) is 6.67. The van der Waals surface area contributed by atoms with Gasteiger partial charge in [0.25, 0.3) is 5.91 Å². The number of rotatable bonds is 4. The largest absolute Gasteiger partial charge is 0.342 e. The fourth-order valence-electron chi connectivity index (χ4n) is 5.01. The zero-order valence-corrected chi connectivity index (χ0v) is 19.1. The third-order valence-electron chi connectivity index (χ3n) is 6.90. The van der Waals surface area contributed by atoms with E-state index in [1.165, 1.54) is 22.9 Å². The average molecular weight is 448 g/mol. The quantitative estimate of drug-likeness (QED) is 0.711. The van der Waals surface area contributed by atoms with Gasteiger partial charge in [0, 0.05) is 50.7 Å². The van der Waals surface area contributed by atoms with Gasteiger partial charge in [-0.3, -0.25) is 9.59 Å². The topological polar surface area (TPSA) is 78.0 Å². The molecule has 0 aromatic heterocycles. The molecule has 3 saturated heterocycles. The van der Waals surface area contributed by atoms with Crippen LogP contribution in [0.3, 0.4) is 0 Å². The number of piperidine rings is 2. The second-order valence-corrected chi connectivity index (χ2v) is 11.2.